The quantitative estimate of drug-likeness (QED) is 0.641. The van der Waals surface area contributed by atoms with Crippen LogP contribution in [0.15, 0.2) is 24.7 Å². The van der Waals surface area contributed by atoms with Crippen LogP contribution in [0.1, 0.15) is 25.7 Å². The third kappa shape index (κ3) is 3.29. The summed E-state index contributed by atoms with van der Waals surface area (Å²) in [5.74, 6) is 1.17. The Kier molecular flexibility index (Phi) is 4.50. The summed E-state index contributed by atoms with van der Waals surface area (Å²) < 4.78 is 0. The van der Waals surface area contributed by atoms with Gasteiger partial charge in [-0.3, -0.25) is 0 Å². The van der Waals surface area contributed by atoms with Crippen LogP contribution in [-0.2, 0) is 0 Å². The van der Waals surface area contributed by atoms with Crippen LogP contribution in [0, 0.1) is 0 Å². The van der Waals surface area contributed by atoms with Crippen molar-refractivity contribution in [3.05, 3.63) is 34.7 Å². The Hall–Kier alpha value is -1.89. The fourth-order valence-electron chi connectivity index (χ4n) is 3.28. The monoisotopic (exact) mass is 376 g/mol. The molecule has 2 atom stereocenters. The zero-order valence-electron chi connectivity index (χ0n) is 13.5. The number of hydrogen-bond donors (Lipinski definition) is 3. The summed E-state index contributed by atoms with van der Waals surface area (Å²) in [4.78, 5) is 16.4. The van der Waals surface area contributed by atoms with E-state index >= 15 is 0 Å². The van der Waals surface area contributed by atoms with Gasteiger partial charge in [-0.25, -0.2) is 15.0 Å². The Morgan fingerprint density at radius 1 is 1.16 bits per heavy atom. The number of pyridine rings is 1. The van der Waals surface area contributed by atoms with Crippen LogP contribution >= 0.6 is 23.2 Å². The van der Waals surface area contributed by atoms with Crippen LogP contribution in [0.2, 0.25) is 10.0 Å². The molecule has 4 N–H and O–H groups in total. The fraction of sp³-hybridized carbons (Fsp3) is 0.353. The summed E-state index contributed by atoms with van der Waals surface area (Å²) in [6.45, 7) is 0. The first-order chi connectivity index (χ1) is 12.1. The van der Waals surface area contributed by atoms with Crippen molar-refractivity contribution >= 4 is 40.1 Å². The third-order valence-corrected chi connectivity index (χ3v) is 5.11. The standard InChI is InChI=1S/C17H18Cl2N6/c18-9-5-10-11(7-22-15(10)21-6-9)16-23-8-12(19)17(25-16)24-14-4-2-1-3-13(14)20/h5-8,13-14H,1-4,20H2,(H,21,22)(H,23,24,25). The average Bonchev–Trinajstić information content (AvgIpc) is 3.02. The van der Waals surface area contributed by atoms with Gasteiger partial charge in [0.15, 0.2) is 5.82 Å². The highest BCUT2D eigenvalue weighted by molar-refractivity contribution is 6.33. The van der Waals surface area contributed by atoms with Crippen molar-refractivity contribution in [1.82, 2.24) is 19.9 Å². The largest absolute Gasteiger partial charge is 0.364 e. The van der Waals surface area contributed by atoms with Gasteiger partial charge in [0.05, 0.1) is 11.2 Å². The summed E-state index contributed by atoms with van der Waals surface area (Å²) in [5, 5.41) is 5.32. The predicted molar refractivity (Wildman–Crippen MR) is 101 cm³/mol. The molecule has 25 heavy (non-hydrogen) atoms. The molecular weight excluding hydrogens is 359 g/mol. The van der Waals surface area contributed by atoms with Crippen LogP contribution in [0.3, 0.4) is 0 Å². The summed E-state index contributed by atoms with van der Waals surface area (Å²) in [6, 6.07) is 2.13. The Morgan fingerprint density at radius 3 is 2.84 bits per heavy atom. The van der Waals surface area contributed by atoms with Gasteiger partial charge in [-0.1, -0.05) is 36.0 Å². The number of nitrogens with two attached hydrogens (primary N) is 1. The number of H-pyrrole nitrogens is 1. The van der Waals surface area contributed by atoms with E-state index in [9.17, 15) is 0 Å². The Bertz CT molecular complexity index is 909. The maximum atomic E-state index is 6.30. The molecule has 1 saturated carbocycles. The van der Waals surface area contributed by atoms with E-state index in [0.717, 1.165) is 35.9 Å². The lowest BCUT2D eigenvalue weighted by Crippen LogP contribution is -2.42. The average molecular weight is 377 g/mol. The topological polar surface area (TPSA) is 92.5 Å². The van der Waals surface area contributed by atoms with Gasteiger partial charge in [0.2, 0.25) is 0 Å². The lowest BCUT2D eigenvalue weighted by Gasteiger charge is -2.30. The molecule has 1 aliphatic carbocycles. The van der Waals surface area contributed by atoms with Crippen molar-refractivity contribution in [2.75, 3.05) is 5.32 Å². The number of hydrogen-bond acceptors (Lipinski definition) is 5. The highest BCUT2D eigenvalue weighted by atomic mass is 35.5. The third-order valence-electron chi connectivity index (χ3n) is 4.62. The van der Waals surface area contributed by atoms with E-state index in [-0.39, 0.29) is 12.1 Å². The second kappa shape index (κ2) is 6.78. The molecule has 0 spiro atoms. The van der Waals surface area contributed by atoms with Gasteiger partial charge in [-0.2, -0.15) is 0 Å². The number of nitrogens with one attached hydrogen (secondary N) is 2. The number of nitrogens with zero attached hydrogens (tertiary/aromatic N) is 3. The van der Waals surface area contributed by atoms with Crippen molar-refractivity contribution in [2.45, 2.75) is 37.8 Å². The number of halogens is 2. The summed E-state index contributed by atoms with van der Waals surface area (Å²) in [7, 11) is 0. The maximum absolute atomic E-state index is 6.30. The molecule has 1 fully saturated rings. The lowest BCUT2D eigenvalue weighted by molar-refractivity contribution is 0.403. The SMILES string of the molecule is NC1CCCCC1Nc1nc(-c2c[nH]c3ncc(Cl)cc23)ncc1Cl. The van der Waals surface area contributed by atoms with E-state index in [0.29, 0.717) is 21.7 Å². The van der Waals surface area contributed by atoms with Crippen LogP contribution in [0.5, 0.6) is 0 Å². The van der Waals surface area contributed by atoms with E-state index in [4.69, 9.17) is 28.9 Å². The molecule has 0 radical (unpaired) electrons. The van der Waals surface area contributed by atoms with E-state index in [1.54, 1.807) is 12.4 Å². The molecule has 1 aliphatic rings. The first-order valence-corrected chi connectivity index (χ1v) is 9.05. The maximum Gasteiger partial charge on any atom is 0.163 e. The van der Waals surface area contributed by atoms with E-state index in [1.165, 1.54) is 6.42 Å². The molecule has 6 nitrogen and oxygen atoms in total. The van der Waals surface area contributed by atoms with Crippen molar-refractivity contribution in [2.24, 2.45) is 5.73 Å². The number of aromatic amines is 1. The highest BCUT2D eigenvalue weighted by Gasteiger charge is 2.23. The van der Waals surface area contributed by atoms with Gasteiger partial charge in [-0.05, 0) is 18.9 Å². The van der Waals surface area contributed by atoms with Gasteiger partial charge in [-0.15, -0.1) is 0 Å². The van der Waals surface area contributed by atoms with E-state index in [1.807, 2.05) is 12.3 Å². The van der Waals surface area contributed by atoms with Gasteiger partial charge in [0.25, 0.3) is 0 Å². The summed E-state index contributed by atoms with van der Waals surface area (Å²) in [5.41, 5.74) is 7.79. The van der Waals surface area contributed by atoms with Crippen LogP contribution in [-0.4, -0.2) is 32.0 Å². The minimum atomic E-state index is 0.110. The van der Waals surface area contributed by atoms with E-state index < -0.39 is 0 Å². The van der Waals surface area contributed by atoms with Crippen molar-refractivity contribution in [1.29, 1.82) is 0 Å². The second-order valence-electron chi connectivity index (χ2n) is 6.34. The number of fused-ring (bicyclic) bond motifs is 1. The zero-order chi connectivity index (χ0) is 17.4. The second-order valence-corrected chi connectivity index (χ2v) is 7.18. The molecule has 3 heterocycles. The number of rotatable bonds is 3. The van der Waals surface area contributed by atoms with Crippen molar-refractivity contribution in [3.63, 3.8) is 0 Å². The molecule has 2 unspecified atom stereocenters. The molecule has 0 aromatic carbocycles. The Morgan fingerprint density at radius 2 is 2.00 bits per heavy atom. The molecule has 0 bridgehead atoms. The predicted octanol–water partition coefficient (Wildman–Crippen LogP) is 4.01. The number of anilines is 1. The Labute approximate surface area is 155 Å². The van der Waals surface area contributed by atoms with Gasteiger partial charge >= 0.3 is 0 Å². The number of aromatic nitrogens is 4. The van der Waals surface area contributed by atoms with Gasteiger partial charge in [0.1, 0.15) is 16.5 Å². The highest BCUT2D eigenvalue weighted by Crippen LogP contribution is 2.30. The molecule has 0 aliphatic heterocycles. The molecule has 0 saturated heterocycles. The van der Waals surface area contributed by atoms with Crippen molar-refractivity contribution in [3.8, 4) is 11.4 Å². The normalized spacial score (nSPS) is 20.8. The molecule has 3 aromatic rings. The van der Waals surface area contributed by atoms with Gasteiger partial charge < -0.3 is 16.0 Å². The zero-order valence-corrected chi connectivity index (χ0v) is 15.0. The fourth-order valence-corrected chi connectivity index (χ4v) is 3.58. The van der Waals surface area contributed by atoms with Gasteiger partial charge in [0, 0.05) is 35.4 Å². The van der Waals surface area contributed by atoms with Crippen molar-refractivity contribution < 1.29 is 0 Å². The molecule has 3 aromatic heterocycles. The first-order valence-electron chi connectivity index (χ1n) is 8.29. The Balaban J connectivity index is 1.70. The minimum Gasteiger partial charge on any atom is -0.364 e. The lowest BCUT2D eigenvalue weighted by atomic mass is 9.91. The molecule has 130 valence electrons. The van der Waals surface area contributed by atoms with Crippen LogP contribution in [0.4, 0.5) is 5.82 Å². The summed E-state index contributed by atoms with van der Waals surface area (Å²) >= 11 is 12.4. The van der Waals surface area contributed by atoms with Crippen LogP contribution in [0.25, 0.3) is 22.4 Å². The molecular formula is C17H18Cl2N6. The smallest absolute Gasteiger partial charge is 0.163 e. The first kappa shape index (κ1) is 16.6. The molecule has 8 heteroatoms. The molecule has 0 amide bonds. The molecule has 4 rings (SSSR count). The summed E-state index contributed by atoms with van der Waals surface area (Å²) in [6.07, 6.45) is 9.40. The minimum absolute atomic E-state index is 0.110. The van der Waals surface area contributed by atoms with Crippen LogP contribution < -0.4 is 11.1 Å². The van der Waals surface area contributed by atoms with E-state index in [2.05, 4.69) is 25.3 Å².